The molecule has 0 fully saturated rings. The van der Waals surface area contributed by atoms with Gasteiger partial charge in [-0.05, 0) is 47.6 Å². The van der Waals surface area contributed by atoms with Crippen molar-refractivity contribution < 1.29 is 4.79 Å². The lowest BCUT2D eigenvalue weighted by atomic mass is 9.90. The molecule has 3 aromatic rings. The van der Waals surface area contributed by atoms with Crippen molar-refractivity contribution in [2.75, 3.05) is 5.32 Å². The van der Waals surface area contributed by atoms with Crippen LogP contribution in [-0.4, -0.2) is 11.0 Å². The van der Waals surface area contributed by atoms with Gasteiger partial charge in [0.15, 0.2) is 5.11 Å². The molecule has 5 heteroatoms. The Morgan fingerprint density at radius 2 is 1.31 bits per heavy atom. The number of nitrogens with one attached hydrogen (secondary N) is 2. The minimum Gasteiger partial charge on any atom is -0.332 e. The summed E-state index contributed by atoms with van der Waals surface area (Å²) in [4.78, 5) is 12.9. The number of amides is 1. The maximum Gasteiger partial charge on any atom is 0.238 e. The third kappa shape index (κ3) is 4.69. The Morgan fingerprint density at radius 3 is 1.81 bits per heavy atom. The molecule has 1 amide bonds. The van der Waals surface area contributed by atoms with E-state index >= 15 is 0 Å². The van der Waals surface area contributed by atoms with Gasteiger partial charge in [0.05, 0.1) is 5.92 Å². The number of carbonyl (C=O) groups excluding carboxylic acids is 1. The molecule has 3 aromatic carbocycles. The van der Waals surface area contributed by atoms with E-state index in [4.69, 9.17) is 23.8 Å². The smallest absolute Gasteiger partial charge is 0.238 e. The van der Waals surface area contributed by atoms with Gasteiger partial charge in [0.2, 0.25) is 5.91 Å². The minimum atomic E-state index is -0.442. The third-order valence-corrected chi connectivity index (χ3v) is 4.32. The van der Waals surface area contributed by atoms with Gasteiger partial charge in [-0.15, -0.1) is 0 Å². The molecule has 0 heterocycles. The monoisotopic (exact) mass is 380 g/mol. The second kappa shape index (κ2) is 8.61. The average molecular weight is 381 g/mol. The van der Waals surface area contributed by atoms with Crippen molar-refractivity contribution in [3.05, 3.63) is 101 Å². The summed E-state index contributed by atoms with van der Waals surface area (Å²) in [5.41, 5.74) is 2.58. The lowest BCUT2D eigenvalue weighted by Crippen LogP contribution is -2.37. The number of halogens is 1. The molecule has 0 saturated carbocycles. The van der Waals surface area contributed by atoms with Gasteiger partial charge in [-0.25, -0.2) is 0 Å². The Bertz CT molecular complexity index is 843. The molecule has 0 aliphatic carbocycles. The molecule has 3 rings (SSSR count). The fourth-order valence-corrected chi connectivity index (χ4v) is 3.01. The lowest BCUT2D eigenvalue weighted by Gasteiger charge is -2.18. The molecular formula is C21H17ClN2OS. The Morgan fingerprint density at radius 1 is 0.808 bits per heavy atom. The highest BCUT2D eigenvalue weighted by Gasteiger charge is 2.23. The molecule has 3 nitrogen and oxygen atoms in total. The first-order valence-electron chi connectivity index (χ1n) is 8.11. The topological polar surface area (TPSA) is 41.1 Å². The van der Waals surface area contributed by atoms with E-state index in [0.717, 1.165) is 16.8 Å². The Labute approximate surface area is 163 Å². The van der Waals surface area contributed by atoms with E-state index in [9.17, 15) is 4.79 Å². The van der Waals surface area contributed by atoms with Crippen LogP contribution in [0.4, 0.5) is 5.69 Å². The second-order valence-electron chi connectivity index (χ2n) is 5.70. The van der Waals surface area contributed by atoms with Gasteiger partial charge in [0.1, 0.15) is 0 Å². The predicted octanol–water partition coefficient (Wildman–Crippen LogP) is 4.99. The molecule has 0 atom stereocenters. The summed E-state index contributed by atoms with van der Waals surface area (Å²) in [6.07, 6.45) is 0. The van der Waals surface area contributed by atoms with E-state index in [2.05, 4.69) is 10.6 Å². The summed E-state index contributed by atoms with van der Waals surface area (Å²) in [6.45, 7) is 0. The largest absolute Gasteiger partial charge is 0.332 e. The molecule has 0 bridgehead atoms. The van der Waals surface area contributed by atoms with Crippen molar-refractivity contribution >= 4 is 40.5 Å². The van der Waals surface area contributed by atoms with Gasteiger partial charge in [0, 0.05) is 10.7 Å². The maximum atomic E-state index is 12.9. The molecule has 0 aliphatic heterocycles. The summed E-state index contributed by atoms with van der Waals surface area (Å²) in [5, 5.41) is 6.67. The molecule has 0 saturated heterocycles. The molecule has 130 valence electrons. The van der Waals surface area contributed by atoms with Gasteiger partial charge < -0.3 is 10.6 Å². The molecule has 0 aromatic heterocycles. The van der Waals surface area contributed by atoms with Crippen LogP contribution >= 0.6 is 23.8 Å². The first-order valence-corrected chi connectivity index (χ1v) is 8.89. The summed E-state index contributed by atoms with van der Waals surface area (Å²) < 4.78 is 0. The molecule has 2 N–H and O–H groups in total. The quantitative estimate of drug-likeness (QED) is 0.627. The van der Waals surface area contributed by atoms with Crippen molar-refractivity contribution in [2.45, 2.75) is 5.92 Å². The SMILES string of the molecule is O=C(NC(=S)Nc1ccc(Cl)cc1)C(c1ccccc1)c1ccccc1. The zero-order valence-corrected chi connectivity index (χ0v) is 15.4. The Hall–Kier alpha value is -2.69. The van der Waals surface area contributed by atoms with Crippen LogP contribution in [0.15, 0.2) is 84.9 Å². The predicted molar refractivity (Wildman–Crippen MR) is 111 cm³/mol. The summed E-state index contributed by atoms with van der Waals surface area (Å²) in [5.74, 6) is -0.628. The van der Waals surface area contributed by atoms with Crippen LogP contribution in [0.3, 0.4) is 0 Å². The zero-order chi connectivity index (χ0) is 18.4. The van der Waals surface area contributed by atoms with Gasteiger partial charge in [0.25, 0.3) is 0 Å². The standard InChI is InChI=1S/C21H17ClN2OS/c22-17-11-13-18(14-12-17)23-21(26)24-20(25)19(15-7-3-1-4-8-15)16-9-5-2-6-10-16/h1-14,19H,(H2,23,24,25,26). The number of hydrogen-bond acceptors (Lipinski definition) is 2. The lowest BCUT2D eigenvalue weighted by molar-refractivity contribution is -0.120. The van der Waals surface area contributed by atoms with Gasteiger partial charge >= 0.3 is 0 Å². The van der Waals surface area contributed by atoms with Gasteiger partial charge in [-0.2, -0.15) is 0 Å². The van der Waals surface area contributed by atoms with Crippen molar-refractivity contribution in [3.63, 3.8) is 0 Å². The van der Waals surface area contributed by atoms with E-state index in [1.165, 1.54) is 0 Å². The van der Waals surface area contributed by atoms with Crippen LogP contribution in [0.1, 0.15) is 17.0 Å². The van der Waals surface area contributed by atoms with Crippen molar-refractivity contribution in [2.24, 2.45) is 0 Å². The van der Waals surface area contributed by atoms with Crippen LogP contribution in [0.5, 0.6) is 0 Å². The molecule has 0 radical (unpaired) electrons. The number of benzene rings is 3. The van der Waals surface area contributed by atoms with Crippen LogP contribution in [-0.2, 0) is 4.79 Å². The molecule has 0 aliphatic rings. The fourth-order valence-electron chi connectivity index (χ4n) is 2.67. The number of thiocarbonyl (C=S) groups is 1. The van der Waals surface area contributed by atoms with Gasteiger partial charge in [-0.3, -0.25) is 4.79 Å². The maximum absolute atomic E-state index is 12.9. The highest BCUT2D eigenvalue weighted by Crippen LogP contribution is 2.24. The normalized spacial score (nSPS) is 10.4. The molecule has 26 heavy (non-hydrogen) atoms. The third-order valence-electron chi connectivity index (χ3n) is 3.87. The van der Waals surface area contributed by atoms with Crippen LogP contribution < -0.4 is 10.6 Å². The van der Waals surface area contributed by atoms with Gasteiger partial charge in [-0.1, -0.05) is 72.3 Å². The number of hydrogen-bond donors (Lipinski definition) is 2. The molecular weight excluding hydrogens is 364 g/mol. The van der Waals surface area contributed by atoms with E-state index in [1.807, 2.05) is 60.7 Å². The number of carbonyl (C=O) groups is 1. The van der Waals surface area contributed by atoms with Crippen LogP contribution in [0.2, 0.25) is 5.02 Å². The minimum absolute atomic E-state index is 0.186. The van der Waals surface area contributed by atoms with E-state index in [0.29, 0.717) is 5.02 Å². The van der Waals surface area contributed by atoms with Crippen molar-refractivity contribution in [1.29, 1.82) is 0 Å². The van der Waals surface area contributed by atoms with Crippen LogP contribution in [0.25, 0.3) is 0 Å². The summed E-state index contributed by atoms with van der Waals surface area (Å²) >= 11 is 11.2. The Balaban J connectivity index is 1.77. The van der Waals surface area contributed by atoms with Crippen molar-refractivity contribution in [3.8, 4) is 0 Å². The molecule has 0 spiro atoms. The first kappa shape index (κ1) is 18.1. The van der Waals surface area contributed by atoms with E-state index in [1.54, 1.807) is 24.3 Å². The highest BCUT2D eigenvalue weighted by molar-refractivity contribution is 7.80. The second-order valence-corrected chi connectivity index (χ2v) is 6.55. The van der Waals surface area contributed by atoms with Crippen LogP contribution in [0, 0.1) is 0 Å². The van der Waals surface area contributed by atoms with E-state index in [-0.39, 0.29) is 11.0 Å². The number of rotatable bonds is 4. The Kier molecular flexibility index (Phi) is 6.00. The zero-order valence-electron chi connectivity index (χ0n) is 13.9. The highest BCUT2D eigenvalue weighted by atomic mass is 35.5. The summed E-state index contributed by atoms with van der Waals surface area (Å²) in [6, 6.07) is 26.4. The molecule has 0 unspecified atom stereocenters. The summed E-state index contributed by atoms with van der Waals surface area (Å²) in [7, 11) is 0. The van der Waals surface area contributed by atoms with Crippen molar-refractivity contribution in [1.82, 2.24) is 5.32 Å². The number of anilines is 1. The van der Waals surface area contributed by atoms with E-state index < -0.39 is 5.92 Å². The fraction of sp³-hybridized carbons (Fsp3) is 0.0476. The first-order chi connectivity index (χ1) is 12.6. The average Bonchev–Trinajstić information content (AvgIpc) is 2.65.